The molecular weight excluding hydrogens is 258 g/mol. The van der Waals surface area contributed by atoms with Crippen molar-refractivity contribution in [2.45, 2.75) is 32.8 Å². The van der Waals surface area contributed by atoms with E-state index in [-0.39, 0.29) is 6.54 Å². The summed E-state index contributed by atoms with van der Waals surface area (Å²) in [6, 6.07) is 5.26. The molecule has 20 heavy (non-hydrogen) atoms. The van der Waals surface area contributed by atoms with Crippen LogP contribution in [0.25, 0.3) is 10.4 Å². The van der Waals surface area contributed by atoms with Crippen LogP contribution in [0.5, 0.6) is 11.5 Å². The summed E-state index contributed by atoms with van der Waals surface area (Å²) in [5, 5.41) is 13.3. The lowest BCUT2D eigenvalue weighted by Crippen LogP contribution is -2.05. The number of ether oxygens (including phenoxy) is 2. The Kier molecular flexibility index (Phi) is 7.32. The maximum absolute atomic E-state index is 9.91. The van der Waals surface area contributed by atoms with Crippen molar-refractivity contribution < 1.29 is 14.6 Å². The van der Waals surface area contributed by atoms with Crippen LogP contribution in [0.15, 0.2) is 23.3 Å². The molecule has 0 heterocycles. The summed E-state index contributed by atoms with van der Waals surface area (Å²) >= 11 is 0. The summed E-state index contributed by atoms with van der Waals surface area (Å²) in [7, 11) is 0. The minimum absolute atomic E-state index is 0.00111. The third-order valence-corrected chi connectivity index (χ3v) is 2.59. The van der Waals surface area contributed by atoms with Crippen LogP contribution in [0.1, 0.15) is 38.4 Å². The average molecular weight is 279 g/mol. The molecule has 0 spiro atoms. The Morgan fingerprint density at radius 1 is 1.20 bits per heavy atom. The van der Waals surface area contributed by atoms with Gasteiger partial charge in [0.15, 0.2) is 11.5 Å². The Bertz CT molecular complexity index is 459. The van der Waals surface area contributed by atoms with Crippen LogP contribution in [-0.4, -0.2) is 24.9 Å². The largest absolute Gasteiger partial charge is 0.490 e. The maximum Gasteiger partial charge on any atom is 0.161 e. The van der Waals surface area contributed by atoms with Crippen molar-refractivity contribution in [1.82, 2.24) is 0 Å². The zero-order valence-corrected chi connectivity index (χ0v) is 12.0. The molecule has 0 radical (unpaired) electrons. The van der Waals surface area contributed by atoms with Gasteiger partial charge in [0.1, 0.15) is 0 Å². The standard InChI is InChI=1S/C14H21N3O3/c1-3-7-19-13-6-5-11(12(18)10-16-17-15)9-14(13)20-8-4-2/h5-6,9,12,18H,3-4,7-8,10H2,1-2H3. The van der Waals surface area contributed by atoms with E-state index in [4.69, 9.17) is 15.0 Å². The van der Waals surface area contributed by atoms with Crippen LogP contribution in [0.3, 0.4) is 0 Å². The van der Waals surface area contributed by atoms with Gasteiger partial charge in [-0.3, -0.25) is 0 Å². The monoisotopic (exact) mass is 279 g/mol. The van der Waals surface area contributed by atoms with Gasteiger partial charge in [-0.2, -0.15) is 0 Å². The van der Waals surface area contributed by atoms with Gasteiger partial charge in [0.25, 0.3) is 0 Å². The van der Waals surface area contributed by atoms with Crippen molar-refractivity contribution in [3.05, 3.63) is 34.2 Å². The third kappa shape index (κ3) is 4.99. The summed E-state index contributed by atoms with van der Waals surface area (Å²) in [5.74, 6) is 1.28. The first-order valence-corrected chi connectivity index (χ1v) is 6.81. The predicted octanol–water partition coefficient (Wildman–Crippen LogP) is 3.61. The van der Waals surface area contributed by atoms with E-state index in [1.54, 1.807) is 18.2 Å². The van der Waals surface area contributed by atoms with Crippen molar-refractivity contribution in [3.8, 4) is 11.5 Å². The van der Waals surface area contributed by atoms with Crippen molar-refractivity contribution in [1.29, 1.82) is 0 Å². The summed E-state index contributed by atoms with van der Waals surface area (Å²) in [5.41, 5.74) is 8.92. The van der Waals surface area contributed by atoms with Crippen LogP contribution in [-0.2, 0) is 0 Å². The van der Waals surface area contributed by atoms with Gasteiger partial charge >= 0.3 is 0 Å². The van der Waals surface area contributed by atoms with Crippen molar-refractivity contribution in [3.63, 3.8) is 0 Å². The topological polar surface area (TPSA) is 87.5 Å². The number of aliphatic hydroxyl groups is 1. The molecular formula is C14H21N3O3. The zero-order valence-electron chi connectivity index (χ0n) is 12.0. The number of nitrogens with zero attached hydrogens (tertiary/aromatic N) is 3. The van der Waals surface area contributed by atoms with Crippen molar-refractivity contribution in [2.24, 2.45) is 5.11 Å². The zero-order chi connectivity index (χ0) is 14.8. The number of hydrogen-bond acceptors (Lipinski definition) is 4. The molecule has 0 amide bonds. The van der Waals surface area contributed by atoms with Gasteiger partial charge in [-0.25, -0.2) is 0 Å². The van der Waals surface area contributed by atoms with E-state index in [0.29, 0.717) is 30.3 Å². The van der Waals surface area contributed by atoms with E-state index in [1.165, 1.54) is 0 Å². The van der Waals surface area contributed by atoms with E-state index >= 15 is 0 Å². The molecule has 1 atom stereocenters. The Labute approximate surface area is 119 Å². The van der Waals surface area contributed by atoms with Crippen LogP contribution < -0.4 is 9.47 Å². The molecule has 6 nitrogen and oxygen atoms in total. The van der Waals surface area contributed by atoms with Gasteiger partial charge in [-0.05, 0) is 36.1 Å². The maximum atomic E-state index is 9.91. The SMILES string of the molecule is CCCOc1ccc(C(O)CN=[N+]=[N-])cc1OCCC. The molecule has 0 aliphatic rings. The molecule has 0 aromatic heterocycles. The molecule has 1 N–H and O–H groups in total. The molecule has 0 fully saturated rings. The average Bonchev–Trinajstić information content (AvgIpc) is 2.48. The molecule has 0 saturated carbocycles. The molecule has 1 aromatic carbocycles. The van der Waals surface area contributed by atoms with Gasteiger partial charge in [0, 0.05) is 4.91 Å². The molecule has 1 aromatic rings. The van der Waals surface area contributed by atoms with E-state index in [2.05, 4.69) is 10.0 Å². The minimum atomic E-state index is -0.838. The van der Waals surface area contributed by atoms with E-state index in [9.17, 15) is 5.11 Å². The van der Waals surface area contributed by atoms with E-state index in [0.717, 1.165) is 12.8 Å². The van der Waals surface area contributed by atoms with Gasteiger partial charge in [0.2, 0.25) is 0 Å². The van der Waals surface area contributed by atoms with Gasteiger partial charge in [0.05, 0.1) is 25.9 Å². The number of hydrogen-bond donors (Lipinski definition) is 1. The highest BCUT2D eigenvalue weighted by molar-refractivity contribution is 5.43. The Hall–Kier alpha value is -1.91. The summed E-state index contributed by atoms with van der Waals surface area (Å²) in [4.78, 5) is 2.64. The summed E-state index contributed by atoms with van der Waals surface area (Å²) in [6.07, 6.45) is 0.961. The van der Waals surface area contributed by atoms with Crippen molar-refractivity contribution >= 4 is 0 Å². The van der Waals surface area contributed by atoms with Gasteiger partial charge in [-0.1, -0.05) is 25.0 Å². The fourth-order valence-corrected chi connectivity index (χ4v) is 1.61. The Morgan fingerprint density at radius 3 is 2.45 bits per heavy atom. The first kappa shape index (κ1) is 16.1. The van der Waals surface area contributed by atoms with E-state index in [1.807, 2.05) is 13.8 Å². The van der Waals surface area contributed by atoms with Gasteiger partial charge in [-0.15, -0.1) is 0 Å². The minimum Gasteiger partial charge on any atom is -0.490 e. The fourth-order valence-electron chi connectivity index (χ4n) is 1.61. The second-order valence-corrected chi connectivity index (χ2v) is 4.33. The molecule has 110 valence electrons. The highest BCUT2D eigenvalue weighted by atomic mass is 16.5. The fraction of sp³-hybridized carbons (Fsp3) is 0.571. The number of benzene rings is 1. The first-order valence-electron chi connectivity index (χ1n) is 6.81. The number of azide groups is 1. The Balaban J connectivity index is 2.90. The molecule has 0 bridgehead atoms. The molecule has 0 aliphatic carbocycles. The highest BCUT2D eigenvalue weighted by Crippen LogP contribution is 2.31. The van der Waals surface area contributed by atoms with E-state index < -0.39 is 6.10 Å². The van der Waals surface area contributed by atoms with Crippen molar-refractivity contribution in [2.75, 3.05) is 19.8 Å². The third-order valence-electron chi connectivity index (χ3n) is 2.59. The molecule has 6 heteroatoms. The lowest BCUT2D eigenvalue weighted by molar-refractivity contribution is 0.185. The van der Waals surface area contributed by atoms with Crippen LogP contribution >= 0.6 is 0 Å². The lowest BCUT2D eigenvalue weighted by Gasteiger charge is -2.15. The van der Waals surface area contributed by atoms with Gasteiger partial charge < -0.3 is 14.6 Å². The molecule has 1 rings (SSSR count). The highest BCUT2D eigenvalue weighted by Gasteiger charge is 2.12. The summed E-state index contributed by atoms with van der Waals surface area (Å²) in [6.45, 7) is 5.25. The number of aliphatic hydroxyl groups excluding tert-OH is 1. The second-order valence-electron chi connectivity index (χ2n) is 4.33. The van der Waals surface area contributed by atoms with Crippen LogP contribution in [0.4, 0.5) is 0 Å². The molecule has 1 unspecified atom stereocenters. The summed E-state index contributed by atoms with van der Waals surface area (Å²) < 4.78 is 11.2. The van der Waals surface area contributed by atoms with Crippen LogP contribution in [0.2, 0.25) is 0 Å². The first-order chi connectivity index (χ1) is 9.72. The molecule has 0 saturated heterocycles. The second kappa shape index (κ2) is 9.07. The smallest absolute Gasteiger partial charge is 0.161 e. The lowest BCUT2D eigenvalue weighted by atomic mass is 10.1. The van der Waals surface area contributed by atoms with Crippen LogP contribution in [0, 0.1) is 0 Å². The predicted molar refractivity (Wildman–Crippen MR) is 77.0 cm³/mol. The quantitative estimate of drug-likeness (QED) is 0.425. The normalized spacial score (nSPS) is 11.6. The molecule has 0 aliphatic heterocycles. The number of rotatable bonds is 9. The Morgan fingerprint density at radius 2 is 1.85 bits per heavy atom.